The second kappa shape index (κ2) is 5.91. The van der Waals surface area contributed by atoms with E-state index in [0.717, 1.165) is 44.3 Å². The van der Waals surface area contributed by atoms with Crippen LogP contribution < -0.4 is 0 Å². The molecule has 86 valence electrons. The highest BCUT2D eigenvalue weighted by atomic mass is 16.5. The molecule has 0 heterocycles. The Labute approximate surface area is 91.1 Å². The molecule has 0 amide bonds. The van der Waals surface area contributed by atoms with Crippen molar-refractivity contribution in [2.75, 3.05) is 6.61 Å². The third kappa shape index (κ3) is 4.47. The monoisotopic (exact) mass is 212 g/mol. The van der Waals surface area contributed by atoms with Crippen molar-refractivity contribution < 1.29 is 14.6 Å². The Morgan fingerprint density at radius 2 is 2.00 bits per heavy atom. The van der Waals surface area contributed by atoms with Gasteiger partial charge in [0, 0.05) is 0 Å². The third-order valence-corrected chi connectivity index (χ3v) is 2.91. The Hall–Kier alpha value is -0.830. The Balaban J connectivity index is 2.14. The summed E-state index contributed by atoms with van der Waals surface area (Å²) in [6.45, 7) is 6.53. The molecule has 1 saturated carbocycles. The summed E-state index contributed by atoms with van der Waals surface area (Å²) < 4.78 is 5.67. The molecule has 15 heavy (non-hydrogen) atoms. The van der Waals surface area contributed by atoms with Crippen LogP contribution in [-0.2, 0) is 9.53 Å². The lowest BCUT2D eigenvalue weighted by molar-refractivity contribution is -0.143. The molecule has 0 spiro atoms. The quantitative estimate of drug-likeness (QED) is 0.712. The maximum absolute atomic E-state index is 10.7. The second-order valence-electron chi connectivity index (χ2n) is 4.39. The summed E-state index contributed by atoms with van der Waals surface area (Å²) in [5, 5.41) is 8.82. The van der Waals surface area contributed by atoms with E-state index in [1.54, 1.807) is 0 Å². The van der Waals surface area contributed by atoms with Gasteiger partial charge < -0.3 is 9.84 Å². The molecule has 0 aliphatic heterocycles. The zero-order chi connectivity index (χ0) is 11.3. The summed E-state index contributed by atoms with van der Waals surface area (Å²) in [5.41, 5.74) is 1.13. The predicted molar refractivity (Wildman–Crippen MR) is 58.8 cm³/mol. The maximum Gasteiger partial charge on any atom is 0.306 e. The highest BCUT2D eigenvalue weighted by Gasteiger charge is 2.25. The molecule has 0 aromatic carbocycles. The molecule has 0 bridgehead atoms. The molecule has 1 aliphatic carbocycles. The number of carboxylic acid groups (broad SMARTS) is 1. The Kier molecular flexibility index (Phi) is 4.82. The van der Waals surface area contributed by atoms with Crippen LogP contribution in [0.25, 0.3) is 0 Å². The SMILES string of the molecule is C=C(C)CCOC1CCC(C(=O)O)CC1. The van der Waals surface area contributed by atoms with Crippen LogP contribution in [0.3, 0.4) is 0 Å². The van der Waals surface area contributed by atoms with E-state index in [4.69, 9.17) is 9.84 Å². The van der Waals surface area contributed by atoms with Crippen LogP contribution in [0.4, 0.5) is 0 Å². The molecule has 0 aromatic rings. The zero-order valence-corrected chi connectivity index (χ0v) is 9.37. The molecule has 0 unspecified atom stereocenters. The molecule has 3 heteroatoms. The van der Waals surface area contributed by atoms with Gasteiger partial charge in [-0.25, -0.2) is 0 Å². The van der Waals surface area contributed by atoms with Gasteiger partial charge in [0.05, 0.1) is 18.6 Å². The lowest BCUT2D eigenvalue weighted by Crippen LogP contribution is -2.26. The van der Waals surface area contributed by atoms with Crippen molar-refractivity contribution in [2.24, 2.45) is 5.92 Å². The molecule has 1 fully saturated rings. The molecule has 1 N–H and O–H groups in total. The first kappa shape index (κ1) is 12.2. The topological polar surface area (TPSA) is 46.5 Å². The van der Waals surface area contributed by atoms with Crippen LogP contribution in [0.1, 0.15) is 39.0 Å². The van der Waals surface area contributed by atoms with Gasteiger partial charge in [0.2, 0.25) is 0 Å². The fourth-order valence-corrected chi connectivity index (χ4v) is 1.88. The van der Waals surface area contributed by atoms with E-state index in [1.165, 1.54) is 0 Å². The van der Waals surface area contributed by atoms with Crippen LogP contribution in [-0.4, -0.2) is 23.8 Å². The molecule has 1 rings (SSSR count). The van der Waals surface area contributed by atoms with E-state index in [0.29, 0.717) is 0 Å². The van der Waals surface area contributed by atoms with Crippen molar-refractivity contribution in [3.8, 4) is 0 Å². The number of carbonyl (C=O) groups is 1. The van der Waals surface area contributed by atoms with Gasteiger partial charge in [-0.2, -0.15) is 0 Å². The first-order valence-corrected chi connectivity index (χ1v) is 5.58. The first-order valence-electron chi connectivity index (χ1n) is 5.58. The van der Waals surface area contributed by atoms with Crippen molar-refractivity contribution >= 4 is 5.97 Å². The van der Waals surface area contributed by atoms with Gasteiger partial charge in [-0.15, -0.1) is 6.58 Å². The van der Waals surface area contributed by atoms with E-state index in [9.17, 15) is 4.79 Å². The number of aliphatic carboxylic acids is 1. The van der Waals surface area contributed by atoms with Crippen LogP contribution in [0.2, 0.25) is 0 Å². The van der Waals surface area contributed by atoms with Crippen LogP contribution >= 0.6 is 0 Å². The number of hydrogen-bond donors (Lipinski definition) is 1. The molecule has 0 radical (unpaired) electrons. The number of ether oxygens (including phenoxy) is 1. The molecule has 0 saturated heterocycles. The van der Waals surface area contributed by atoms with Crippen LogP contribution in [0.15, 0.2) is 12.2 Å². The van der Waals surface area contributed by atoms with E-state index < -0.39 is 5.97 Å². The molecule has 0 atom stereocenters. The van der Waals surface area contributed by atoms with Gasteiger partial charge in [0.15, 0.2) is 0 Å². The third-order valence-electron chi connectivity index (χ3n) is 2.91. The minimum Gasteiger partial charge on any atom is -0.481 e. The second-order valence-corrected chi connectivity index (χ2v) is 4.39. The summed E-state index contributed by atoms with van der Waals surface area (Å²) in [7, 11) is 0. The fourth-order valence-electron chi connectivity index (χ4n) is 1.88. The molecule has 0 aromatic heterocycles. The highest BCUT2D eigenvalue weighted by Crippen LogP contribution is 2.26. The van der Waals surface area contributed by atoms with Gasteiger partial charge in [0.25, 0.3) is 0 Å². The lowest BCUT2D eigenvalue weighted by atomic mass is 9.87. The molecule has 3 nitrogen and oxygen atoms in total. The van der Waals surface area contributed by atoms with E-state index in [-0.39, 0.29) is 12.0 Å². The minimum atomic E-state index is -0.657. The van der Waals surface area contributed by atoms with Gasteiger partial charge in [0.1, 0.15) is 0 Å². The average Bonchev–Trinajstić information content (AvgIpc) is 2.18. The predicted octanol–water partition coefficient (Wildman–Crippen LogP) is 2.61. The van der Waals surface area contributed by atoms with Gasteiger partial charge >= 0.3 is 5.97 Å². The highest BCUT2D eigenvalue weighted by molar-refractivity contribution is 5.69. The van der Waals surface area contributed by atoms with Crippen LogP contribution in [0.5, 0.6) is 0 Å². The number of hydrogen-bond acceptors (Lipinski definition) is 2. The Morgan fingerprint density at radius 3 is 2.47 bits per heavy atom. The number of carboxylic acids is 1. The standard InChI is InChI=1S/C12H20O3/c1-9(2)7-8-15-11-5-3-10(4-6-11)12(13)14/h10-11H,1,3-8H2,2H3,(H,13,14). The van der Waals surface area contributed by atoms with E-state index in [1.807, 2.05) is 6.92 Å². The van der Waals surface area contributed by atoms with Gasteiger partial charge in [-0.05, 0) is 39.0 Å². The van der Waals surface area contributed by atoms with Crippen molar-refractivity contribution in [2.45, 2.75) is 45.1 Å². The molecule has 1 aliphatic rings. The average molecular weight is 212 g/mol. The molecular weight excluding hydrogens is 192 g/mol. The van der Waals surface area contributed by atoms with Crippen molar-refractivity contribution in [1.29, 1.82) is 0 Å². The summed E-state index contributed by atoms with van der Waals surface area (Å²) in [6.07, 6.45) is 4.44. The van der Waals surface area contributed by atoms with Crippen molar-refractivity contribution in [3.63, 3.8) is 0 Å². The zero-order valence-electron chi connectivity index (χ0n) is 9.37. The Bertz CT molecular complexity index is 224. The van der Waals surface area contributed by atoms with E-state index >= 15 is 0 Å². The summed E-state index contributed by atoms with van der Waals surface area (Å²) in [4.78, 5) is 10.7. The smallest absolute Gasteiger partial charge is 0.306 e. The maximum atomic E-state index is 10.7. The first-order chi connectivity index (χ1) is 7.09. The fraction of sp³-hybridized carbons (Fsp3) is 0.750. The van der Waals surface area contributed by atoms with Gasteiger partial charge in [-0.1, -0.05) is 5.57 Å². The van der Waals surface area contributed by atoms with Crippen molar-refractivity contribution in [3.05, 3.63) is 12.2 Å². The van der Waals surface area contributed by atoms with Crippen LogP contribution in [0, 0.1) is 5.92 Å². The summed E-state index contributed by atoms with van der Waals surface area (Å²) >= 11 is 0. The minimum absolute atomic E-state index is 0.147. The normalized spacial score (nSPS) is 26.2. The summed E-state index contributed by atoms with van der Waals surface area (Å²) in [6, 6.07) is 0. The van der Waals surface area contributed by atoms with Gasteiger partial charge in [-0.3, -0.25) is 4.79 Å². The lowest BCUT2D eigenvalue weighted by Gasteiger charge is -2.26. The molecular formula is C12H20O3. The summed E-state index contributed by atoms with van der Waals surface area (Å²) in [5.74, 6) is -0.804. The number of rotatable bonds is 5. The Morgan fingerprint density at radius 1 is 1.40 bits per heavy atom. The van der Waals surface area contributed by atoms with Crippen molar-refractivity contribution in [1.82, 2.24) is 0 Å². The van der Waals surface area contributed by atoms with E-state index in [2.05, 4.69) is 6.58 Å². The largest absolute Gasteiger partial charge is 0.481 e.